The zero-order valence-corrected chi connectivity index (χ0v) is 11.0. The molecule has 1 heterocycles. The lowest BCUT2D eigenvalue weighted by atomic mass is 10.4. The van der Waals surface area contributed by atoms with Crippen molar-refractivity contribution in [3.63, 3.8) is 0 Å². The summed E-state index contributed by atoms with van der Waals surface area (Å²) in [7, 11) is -3.07. The summed E-state index contributed by atoms with van der Waals surface area (Å²) < 4.78 is 27.8. The Bertz CT molecular complexity index is 390. The third-order valence-corrected chi connectivity index (χ3v) is 4.04. The number of anilines is 1. The summed E-state index contributed by atoms with van der Waals surface area (Å²) in [6.45, 7) is 3.57. The molecule has 0 fully saturated rings. The first-order valence-corrected chi connectivity index (χ1v) is 7.62. The molecule has 0 aliphatic carbocycles. The molecule has 0 unspecified atom stereocenters. The lowest BCUT2D eigenvalue weighted by Gasteiger charge is -2.17. The summed E-state index contributed by atoms with van der Waals surface area (Å²) in [5.41, 5.74) is 0. The fourth-order valence-electron chi connectivity index (χ4n) is 1.26. The van der Waals surface area contributed by atoms with E-state index in [9.17, 15) is 8.42 Å². The number of sulfonamides is 1. The van der Waals surface area contributed by atoms with Crippen LogP contribution in [0.4, 0.5) is 5.13 Å². The molecule has 1 aromatic heterocycles. The minimum Gasteiger partial charge on any atom is -0.360 e. The first kappa shape index (κ1) is 13.3. The molecule has 1 N–H and O–H groups in total. The monoisotopic (exact) mass is 264 g/mol. The number of nitrogens with one attached hydrogen (secondary N) is 1. The highest BCUT2D eigenvalue weighted by Crippen LogP contribution is 2.06. The Labute approximate surface area is 99.9 Å². The highest BCUT2D eigenvalue weighted by Gasteiger charge is 2.12. The molecule has 0 saturated heterocycles. The van der Waals surface area contributed by atoms with E-state index in [1.807, 2.05) is 6.92 Å². The fourth-order valence-corrected chi connectivity index (χ4v) is 2.64. The number of aromatic nitrogens is 2. The number of hydrogen-bond donors (Lipinski definition) is 1. The molecule has 0 radical (unpaired) electrons. The van der Waals surface area contributed by atoms with Crippen LogP contribution >= 0.6 is 11.5 Å². The molecule has 6 nitrogen and oxygen atoms in total. The average Bonchev–Trinajstić information content (AvgIpc) is 2.68. The molecule has 0 aromatic carbocycles. The van der Waals surface area contributed by atoms with Crippen LogP contribution < -0.4 is 5.32 Å². The van der Waals surface area contributed by atoms with Crippen LogP contribution in [-0.4, -0.2) is 48.0 Å². The van der Waals surface area contributed by atoms with Gasteiger partial charge < -0.3 is 5.32 Å². The number of nitrogens with zero attached hydrogens (tertiary/aromatic N) is 3. The molecule has 0 aliphatic rings. The van der Waals surface area contributed by atoms with Gasteiger partial charge in [-0.2, -0.15) is 4.37 Å². The molecular weight excluding hydrogens is 248 g/mol. The van der Waals surface area contributed by atoms with E-state index < -0.39 is 10.0 Å². The van der Waals surface area contributed by atoms with Crippen molar-refractivity contribution in [1.29, 1.82) is 0 Å². The predicted octanol–water partition coefficient (Wildman–Crippen LogP) is 0.622. The van der Waals surface area contributed by atoms with Gasteiger partial charge in [-0.25, -0.2) is 17.7 Å². The van der Waals surface area contributed by atoms with Crippen molar-refractivity contribution >= 4 is 26.7 Å². The summed E-state index contributed by atoms with van der Waals surface area (Å²) in [5.74, 6) is 0. The van der Waals surface area contributed by atoms with Gasteiger partial charge in [0.2, 0.25) is 15.2 Å². The van der Waals surface area contributed by atoms with Crippen molar-refractivity contribution in [2.24, 2.45) is 0 Å². The highest BCUT2D eigenvalue weighted by molar-refractivity contribution is 7.88. The normalized spacial score (nSPS) is 11.9. The van der Waals surface area contributed by atoms with Gasteiger partial charge >= 0.3 is 0 Å². The van der Waals surface area contributed by atoms with Gasteiger partial charge in [0.25, 0.3) is 0 Å². The maximum Gasteiger partial charge on any atom is 0.211 e. The van der Waals surface area contributed by atoms with Gasteiger partial charge in [0.05, 0.1) is 6.26 Å². The van der Waals surface area contributed by atoms with Crippen molar-refractivity contribution in [3.05, 3.63) is 6.33 Å². The van der Waals surface area contributed by atoms with Gasteiger partial charge in [-0.15, -0.1) is 0 Å². The van der Waals surface area contributed by atoms with Crippen molar-refractivity contribution in [2.45, 2.75) is 13.3 Å². The van der Waals surface area contributed by atoms with Gasteiger partial charge in [0.15, 0.2) is 0 Å². The van der Waals surface area contributed by atoms with Crippen molar-refractivity contribution < 1.29 is 8.42 Å². The molecule has 1 rings (SSSR count). The molecule has 0 bridgehead atoms. The quantitative estimate of drug-likeness (QED) is 0.731. The van der Waals surface area contributed by atoms with E-state index >= 15 is 0 Å². The van der Waals surface area contributed by atoms with Crippen LogP contribution in [0.1, 0.15) is 13.3 Å². The minimum atomic E-state index is -3.07. The lowest BCUT2D eigenvalue weighted by Crippen LogP contribution is -2.31. The van der Waals surface area contributed by atoms with Gasteiger partial charge in [-0.3, -0.25) is 0 Å². The molecule has 0 aliphatic heterocycles. The maximum absolute atomic E-state index is 11.3. The second-order valence-electron chi connectivity index (χ2n) is 3.28. The molecule has 0 saturated carbocycles. The first-order valence-electron chi connectivity index (χ1n) is 4.99. The summed E-state index contributed by atoms with van der Waals surface area (Å²) in [6.07, 6.45) is 3.47. The van der Waals surface area contributed by atoms with Crippen LogP contribution in [0.25, 0.3) is 0 Å². The molecule has 0 spiro atoms. The highest BCUT2D eigenvalue weighted by atomic mass is 32.2. The zero-order chi connectivity index (χ0) is 12.0. The van der Waals surface area contributed by atoms with E-state index in [-0.39, 0.29) is 0 Å². The van der Waals surface area contributed by atoms with Crippen LogP contribution in [0.5, 0.6) is 0 Å². The van der Waals surface area contributed by atoms with Crippen LogP contribution in [0.3, 0.4) is 0 Å². The summed E-state index contributed by atoms with van der Waals surface area (Å²) >= 11 is 1.29. The largest absolute Gasteiger partial charge is 0.360 e. The molecule has 92 valence electrons. The van der Waals surface area contributed by atoms with Crippen LogP contribution in [0, 0.1) is 0 Å². The van der Waals surface area contributed by atoms with Gasteiger partial charge in [-0.1, -0.05) is 6.92 Å². The van der Waals surface area contributed by atoms with Crippen molar-refractivity contribution in [1.82, 2.24) is 13.7 Å². The van der Waals surface area contributed by atoms with Gasteiger partial charge in [-0.05, 0) is 6.42 Å². The Balaban J connectivity index is 2.24. The second kappa shape index (κ2) is 6.12. The number of hydrogen-bond acceptors (Lipinski definition) is 6. The standard InChI is InChI=1S/C8H16N4O2S2/c1-3-12(16(2,13)14)6-4-5-9-8-10-7-11-15-8/h7H,3-6H2,1-2H3,(H,9,10,11). The van der Waals surface area contributed by atoms with E-state index in [2.05, 4.69) is 14.7 Å². The minimum absolute atomic E-state index is 0.512. The number of rotatable bonds is 7. The van der Waals surface area contributed by atoms with Crippen LogP contribution in [0.2, 0.25) is 0 Å². The van der Waals surface area contributed by atoms with E-state index in [0.717, 1.165) is 11.6 Å². The van der Waals surface area contributed by atoms with Crippen molar-refractivity contribution in [2.75, 3.05) is 31.2 Å². The SMILES string of the molecule is CCN(CCCNc1ncns1)S(C)(=O)=O. The molecule has 1 aromatic rings. The van der Waals surface area contributed by atoms with E-state index in [0.29, 0.717) is 19.6 Å². The average molecular weight is 264 g/mol. The lowest BCUT2D eigenvalue weighted by molar-refractivity contribution is 0.429. The Kier molecular flexibility index (Phi) is 5.10. The van der Waals surface area contributed by atoms with E-state index in [4.69, 9.17) is 0 Å². The van der Waals surface area contributed by atoms with Gasteiger partial charge in [0, 0.05) is 31.2 Å². The van der Waals surface area contributed by atoms with Crippen LogP contribution in [0.15, 0.2) is 6.33 Å². The topological polar surface area (TPSA) is 75.2 Å². The molecule has 0 amide bonds. The maximum atomic E-state index is 11.3. The summed E-state index contributed by atoms with van der Waals surface area (Å²) in [6, 6.07) is 0. The van der Waals surface area contributed by atoms with Crippen molar-refractivity contribution in [3.8, 4) is 0 Å². The molecule has 8 heteroatoms. The predicted molar refractivity (Wildman–Crippen MR) is 65.1 cm³/mol. The molecular formula is C8H16N4O2S2. The summed E-state index contributed by atoms with van der Waals surface area (Å²) in [4.78, 5) is 3.97. The smallest absolute Gasteiger partial charge is 0.211 e. The van der Waals surface area contributed by atoms with E-state index in [1.54, 1.807) is 0 Å². The third-order valence-electron chi connectivity index (χ3n) is 2.04. The van der Waals surface area contributed by atoms with E-state index in [1.165, 1.54) is 28.4 Å². The van der Waals surface area contributed by atoms with Crippen LogP contribution in [-0.2, 0) is 10.0 Å². The Morgan fingerprint density at radius 3 is 2.81 bits per heavy atom. The second-order valence-corrected chi connectivity index (χ2v) is 6.04. The summed E-state index contributed by atoms with van der Waals surface area (Å²) in [5, 5.41) is 3.85. The third kappa shape index (κ3) is 4.42. The van der Waals surface area contributed by atoms with Gasteiger partial charge in [0.1, 0.15) is 6.33 Å². The fraction of sp³-hybridized carbons (Fsp3) is 0.750. The molecule has 16 heavy (non-hydrogen) atoms. The first-order chi connectivity index (χ1) is 7.54. The zero-order valence-electron chi connectivity index (χ0n) is 9.38. The molecule has 0 atom stereocenters. The Morgan fingerprint density at radius 2 is 2.31 bits per heavy atom. The Morgan fingerprint density at radius 1 is 1.56 bits per heavy atom. The Hall–Kier alpha value is -0.730.